The SMILES string of the molecule is CCC(C)C(C)C(C)COCCCNC(=O)CCN1C(=O)C=CC1=O. The van der Waals surface area contributed by atoms with Crippen LogP contribution in [0.15, 0.2) is 12.2 Å². The van der Waals surface area contributed by atoms with Gasteiger partial charge in [0.1, 0.15) is 0 Å². The number of hydrogen-bond donors (Lipinski definition) is 1. The van der Waals surface area contributed by atoms with Crippen LogP contribution in [0.25, 0.3) is 0 Å². The van der Waals surface area contributed by atoms with E-state index in [4.69, 9.17) is 4.74 Å². The Kier molecular flexibility index (Phi) is 9.42. The van der Waals surface area contributed by atoms with E-state index in [2.05, 4.69) is 33.0 Å². The lowest BCUT2D eigenvalue weighted by atomic mass is 9.84. The lowest BCUT2D eigenvalue weighted by molar-refractivity contribution is -0.137. The zero-order valence-electron chi connectivity index (χ0n) is 15.9. The number of hydrogen-bond acceptors (Lipinski definition) is 4. The van der Waals surface area contributed by atoms with Crippen molar-refractivity contribution < 1.29 is 19.1 Å². The molecule has 0 aromatic rings. The van der Waals surface area contributed by atoms with Gasteiger partial charge in [0.15, 0.2) is 0 Å². The van der Waals surface area contributed by atoms with Gasteiger partial charge in [0, 0.05) is 44.9 Å². The van der Waals surface area contributed by atoms with Crippen LogP contribution in [0, 0.1) is 17.8 Å². The summed E-state index contributed by atoms with van der Waals surface area (Å²) >= 11 is 0. The number of amides is 3. The maximum atomic E-state index is 11.7. The summed E-state index contributed by atoms with van der Waals surface area (Å²) in [6, 6.07) is 0. The first-order valence-corrected chi connectivity index (χ1v) is 9.24. The molecule has 1 rings (SSSR count). The summed E-state index contributed by atoms with van der Waals surface area (Å²) in [6.45, 7) is 11.0. The van der Waals surface area contributed by atoms with Crippen LogP contribution in [0.3, 0.4) is 0 Å². The molecule has 0 aromatic heterocycles. The molecule has 0 fully saturated rings. The highest BCUT2D eigenvalue weighted by Gasteiger charge is 2.23. The minimum atomic E-state index is -0.355. The second kappa shape index (κ2) is 11.0. The number of carbonyl (C=O) groups excluding carboxylic acids is 3. The summed E-state index contributed by atoms with van der Waals surface area (Å²) < 4.78 is 5.71. The molecule has 0 aliphatic carbocycles. The number of rotatable bonds is 12. The highest BCUT2D eigenvalue weighted by atomic mass is 16.5. The van der Waals surface area contributed by atoms with Crippen molar-refractivity contribution in [1.82, 2.24) is 10.2 Å². The van der Waals surface area contributed by atoms with Crippen LogP contribution in [0.2, 0.25) is 0 Å². The largest absolute Gasteiger partial charge is 0.381 e. The number of imide groups is 1. The van der Waals surface area contributed by atoms with Gasteiger partial charge in [0.05, 0.1) is 0 Å². The normalized spacial score (nSPS) is 17.7. The second-order valence-electron chi connectivity index (χ2n) is 6.91. The van der Waals surface area contributed by atoms with Crippen molar-refractivity contribution in [1.29, 1.82) is 0 Å². The van der Waals surface area contributed by atoms with E-state index < -0.39 is 0 Å². The number of nitrogens with zero attached hydrogens (tertiary/aromatic N) is 1. The maximum Gasteiger partial charge on any atom is 0.253 e. The monoisotopic (exact) mass is 352 g/mol. The zero-order valence-corrected chi connectivity index (χ0v) is 15.9. The molecule has 0 bridgehead atoms. The predicted molar refractivity (Wildman–Crippen MR) is 96.7 cm³/mol. The summed E-state index contributed by atoms with van der Waals surface area (Å²) in [6.07, 6.45) is 4.51. The highest BCUT2D eigenvalue weighted by Crippen LogP contribution is 2.23. The fourth-order valence-electron chi connectivity index (χ4n) is 2.71. The third-order valence-corrected chi connectivity index (χ3v) is 5.07. The lowest BCUT2D eigenvalue weighted by Crippen LogP contribution is -2.35. The van der Waals surface area contributed by atoms with Crippen LogP contribution in [-0.4, -0.2) is 48.9 Å². The number of ether oxygens (including phenoxy) is 1. The van der Waals surface area contributed by atoms with E-state index >= 15 is 0 Å². The summed E-state index contributed by atoms with van der Waals surface area (Å²) in [5, 5.41) is 2.79. The summed E-state index contributed by atoms with van der Waals surface area (Å²) in [5.41, 5.74) is 0. The molecule has 25 heavy (non-hydrogen) atoms. The summed E-state index contributed by atoms with van der Waals surface area (Å²) in [4.78, 5) is 35.5. The van der Waals surface area contributed by atoms with Crippen molar-refractivity contribution in [2.75, 3.05) is 26.3 Å². The average Bonchev–Trinajstić information content (AvgIpc) is 2.92. The first kappa shape index (κ1) is 21.4. The molecule has 0 aromatic carbocycles. The van der Waals surface area contributed by atoms with Crippen LogP contribution in [0.4, 0.5) is 0 Å². The van der Waals surface area contributed by atoms with Gasteiger partial charge in [0.25, 0.3) is 11.8 Å². The molecule has 0 saturated carbocycles. The van der Waals surface area contributed by atoms with E-state index in [1.54, 1.807) is 0 Å². The van der Waals surface area contributed by atoms with Crippen molar-refractivity contribution in [3.05, 3.63) is 12.2 Å². The molecule has 6 heteroatoms. The topological polar surface area (TPSA) is 75.7 Å². The van der Waals surface area contributed by atoms with Crippen molar-refractivity contribution in [2.24, 2.45) is 17.8 Å². The lowest BCUT2D eigenvalue weighted by Gasteiger charge is -2.25. The molecule has 142 valence electrons. The number of nitrogens with one attached hydrogen (secondary N) is 1. The molecule has 0 saturated heterocycles. The highest BCUT2D eigenvalue weighted by molar-refractivity contribution is 6.13. The van der Waals surface area contributed by atoms with Crippen molar-refractivity contribution in [3.8, 4) is 0 Å². The predicted octanol–water partition coefficient (Wildman–Crippen LogP) is 2.14. The van der Waals surface area contributed by atoms with E-state index in [9.17, 15) is 14.4 Å². The standard InChI is InChI=1S/C19H32N2O4/c1-5-14(2)16(4)15(3)13-25-12-6-10-20-17(22)9-11-21-18(23)7-8-19(21)24/h7-8,14-16H,5-6,9-13H2,1-4H3,(H,20,22). The Morgan fingerprint density at radius 3 is 2.40 bits per heavy atom. The molecule has 1 heterocycles. The third kappa shape index (κ3) is 7.38. The van der Waals surface area contributed by atoms with E-state index in [1.807, 2.05) is 0 Å². The van der Waals surface area contributed by atoms with Crippen LogP contribution in [0.1, 0.15) is 47.0 Å². The van der Waals surface area contributed by atoms with Gasteiger partial charge in [0.2, 0.25) is 5.91 Å². The molecule has 1 aliphatic rings. The zero-order chi connectivity index (χ0) is 18.8. The van der Waals surface area contributed by atoms with Gasteiger partial charge in [-0.2, -0.15) is 0 Å². The second-order valence-corrected chi connectivity index (χ2v) is 6.91. The Balaban J connectivity index is 2.05. The fourth-order valence-corrected chi connectivity index (χ4v) is 2.71. The van der Waals surface area contributed by atoms with Crippen molar-refractivity contribution >= 4 is 17.7 Å². The van der Waals surface area contributed by atoms with Crippen LogP contribution in [0.5, 0.6) is 0 Å². The molecular weight excluding hydrogens is 320 g/mol. The molecule has 3 amide bonds. The van der Waals surface area contributed by atoms with Gasteiger partial charge in [-0.25, -0.2) is 0 Å². The van der Waals surface area contributed by atoms with E-state index in [1.165, 1.54) is 18.6 Å². The van der Waals surface area contributed by atoms with Crippen LogP contribution >= 0.6 is 0 Å². The fraction of sp³-hybridized carbons (Fsp3) is 0.737. The van der Waals surface area contributed by atoms with E-state index in [0.717, 1.165) is 17.9 Å². The van der Waals surface area contributed by atoms with Gasteiger partial charge < -0.3 is 10.1 Å². The van der Waals surface area contributed by atoms with Gasteiger partial charge in [-0.3, -0.25) is 19.3 Å². The van der Waals surface area contributed by atoms with Gasteiger partial charge in [-0.05, 0) is 24.2 Å². The van der Waals surface area contributed by atoms with Gasteiger partial charge >= 0.3 is 0 Å². The smallest absolute Gasteiger partial charge is 0.253 e. The summed E-state index contributed by atoms with van der Waals surface area (Å²) in [7, 11) is 0. The molecule has 0 radical (unpaired) electrons. The Labute approximate surface area is 151 Å². The minimum absolute atomic E-state index is 0.123. The van der Waals surface area contributed by atoms with Crippen LogP contribution in [-0.2, 0) is 19.1 Å². The number of carbonyl (C=O) groups is 3. The average molecular weight is 352 g/mol. The Morgan fingerprint density at radius 1 is 1.16 bits per heavy atom. The molecule has 0 spiro atoms. The van der Waals surface area contributed by atoms with Gasteiger partial charge in [-0.15, -0.1) is 0 Å². The van der Waals surface area contributed by atoms with Crippen molar-refractivity contribution in [2.45, 2.75) is 47.0 Å². The van der Waals surface area contributed by atoms with Crippen LogP contribution < -0.4 is 5.32 Å². The first-order valence-electron chi connectivity index (χ1n) is 9.24. The molecule has 1 aliphatic heterocycles. The Hall–Kier alpha value is -1.69. The molecule has 3 unspecified atom stereocenters. The molecular formula is C19H32N2O4. The Morgan fingerprint density at radius 2 is 1.80 bits per heavy atom. The quantitative estimate of drug-likeness (QED) is 0.431. The Bertz CT molecular complexity index is 472. The van der Waals surface area contributed by atoms with E-state index in [-0.39, 0.29) is 30.7 Å². The van der Waals surface area contributed by atoms with Crippen molar-refractivity contribution in [3.63, 3.8) is 0 Å². The minimum Gasteiger partial charge on any atom is -0.381 e. The third-order valence-electron chi connectivity index (χ3n) is 5.07. The maximum absolute atomic E-state index is 11.7. The molecule has 1 N–H and O–H groups in total. The van der Waals surface area contributed by atoms with Gasteiger partial charge in [-0.1, -0.05) is 34.1 Å². The van der Waals surface area contributed by atoms with E-state index in [0.29, 0.717) is 30.9 Å². The molecule has 3 atom stereocenters. The molecule has 6 nitrogen and oxygen atoms in total. The first-order chi connectivity index (χ1) is 11.9. The summed E-state index contributed by atoms with van der Waals surface area (Å²) in [5.74, 6) is 0.983.